The number of ketones is 1. The second-order valence-corrected chi connectivity index (χ2v) is 2.42. The first-order chi connectivity index (χ1) is 5.07. The summed E-state index contributed by atoms with van der Waals surface area (Å²) in [4.78, 5) is 12.8. The maximum absolute atomic E-state index is 10.9. The lowest BCUT2D eigenvalue weighted by molar-refractivity contribution is -0.109. The molecule has 60 valence electrons. The molecule has 0 aromatic carbocycles. The van der Waals surface area contributed by atoms with Gasteiger partial charge in [0.25, 0.3) is 0 Å². The molecule has 0 spiro atoms. The molecule has 0 unspecified atom stereocenters. The van der Waals surface area contributed by atoms with Gasteiger partial charge in [0.15, 0.2) is 0 Å². The van der Waals surface area contributed by atoms with Gasteiger partial charge >= 0.3 is 0 Å². The normalized spacial score (nSPS) is 10.0. The molecule has 0 atom stereocenters. The average molecular weight is 151 g/mol. The summed E-state index contributed by atoms with van der Waals surface area (Å²) in [7, 11) is 3.77. The van der Waals surface area contributed by atoms with Gasteiger partial charge in [-0.25, -0.2) is 0 Å². The van der Waals surface area contributed by atoms with E-state index in [2.05, 4.69) is 11.8 Å². The Kier molecular flexibility index (Phi) is 4.05. The number of hydrogen-bond donors (Lipinski definition) is 0. The van der Waals surface area contributed by atoms with Gasteiger partial charge in [0.2, 0.25) is 5.78 Å². The van der Waals surface area contributed by atoms with Crippen LogP contribution < -0.4 is 0 Å². The summed E-state index contributed by atoms with van der Waals surface area (Å²) < 4.78 is 0. The molecule has 0 radical (unpaired) electrons. The number of nitrogens with zero attached hydrogens (tertiary/aromatic N) is 1. The van der Waals surface area contributed by atoms with E-state index in [9.17, 15) is 4.79 Å². The highest BCUT2D eigenvalue weighted by Gasteiger charge is 1.94. The predicted octanol–water partition coefficient (Wildman–Crippen LogP) is 1.04. The van der Waals surface area contributed by atoms with Crippen molar-refractivity contribution in [1.82, 2.24) is 4.90 Å². The molecule has 0 aliphatic heterocycles. The third-order valence-corrected chi connectivity index (χ3v) is 1.29. The van der Waals surface area contributed by atoms with Crippen LogP contribution in [0.3, 0.4) is 0 Å². The van der Waals surface area contributed by atoms with Crippen LogP contribution >= 0.6 is 0 Å². The lowest BCUT2D eigenvalue weighted by atomic mass is 10.3. The van der Waals surface area contributed by atoms with Crippen molar-refractivity contribution in [3.8, 4) is 11.8 Å². The maximum Gasteiger partial charge on any atom is 0.230 e. The zero-order valence-corrected chi connectivity index (χ0v) is 7.43. The number of rotatable bonds is 2. The van der Waals surface area contributed by atoms with Crippen LogP contribution in [0.1, 0.15) is 13.8 Å². The number of carbonyl (C=O) groups excluding carboxylic acids is 1. The molecule has 0 heterocycles. The standard InChI is InChI=1S/C9H13NO/c1-5-6-9(11)7-8(2)10(3)4/h7H,1-4H3/b8-7-. The fourth-order valence-corrected chi connectivity index (χ4v) is 0.478. The Morgan fingerprint density at radius 1 is 1.45 bits per heavy atom. The summed E-state index contributed by atoms with van der Waals surface area (Å²) in [5.74, 6) is 4.85. The Labute approximate surface area is 67.9 Å². The molecular formula is C9H13NO. The van der Waals surface area contributed by atoms with Crippen LogP contribution in [0.15, 0.2) is 11.8 Å². The Hall–Kier alpha value is -1.23. The highest BCUT2D eigenvalue weighted by atomic mass is 16.1. The Bertz CT molecular complexity index is 228. The topological polar surface area (TPSA) is 20.3 Å². The first-order valence-electron chi connectivity index (χ1n) is 3.40. The predicted molar refractivity (Wildman–Crippen MR) is 45.9 cm³/mol. The Balaban J connectivity index is 4.27. The fourth-order valence-electron chi connectivity index (χ4n) is 0.478. The molecule has 0 rings (SSSR count). The molecule has 0 amide bonds. The van der Waals surface area contributed by atoms with Crippen LogP contribution in [0, 0.1) is 11.8 Å². The van der Waals surface area contributed by atoms with Gasteiger partial charge in [-0.15, -0.1) is 0 Å². The van der Waals surface area contributed by atoms with Gasteiger partial charge in [-0.1, -0.05) is 5.92 Å². The average Bonchev–Trinajstić information content (AvgIpc) is 1.87. The largest absolute Gasteiger partial charge is 0.381 e. The van der Waals surface area contributed by atoms with Gasteiger partial charge < -0.3 is 4.90 Å². The van der Waals surface area contributed by atoms with Gasteiger partial charge in [-0.05, 0) is 19.8 Å². The Morgan fingerprint density at radius 3 is 2.36 bits per heavy atom. The number of carbonyl (C=O) groups is 1. The van der Waals surface area contributed by atoms with E-state index in [4.69, 9.17) is 0 Å². The molecule has 0 saturated heterocycles. The summed E-state index contributed by atoms with van der Waals surface area (Å²) >= 11 is 0. The molecule has 0 aliphatic carbocycles. The molecular weight excluding hydrogens is 138 g/mol. The minimum atomic E-state index is -0.140. The van der Waals surface area contributed by atoms with Crippen molar-refractivity contribution in [2.75, 3.05) is 14.1 Å². The third-order valence-electron chi connectivity index (χ3n) is 1.29. The summed E-state index contributed by atoms with van der Waals surface area (Å²) in [6, 6.07) is 0. The molecule has 2 nitrogen and oxygen atoms in total. The number of hydrogen-bond acceptors (Lipinski definition) is 2. The summed E-state index contributed by atoms with van der Waals surface area (Å²) in [6.45, 7) is 3.52. The van der Waals surface area contributed by atoms with E-state index < -0.39 is 0 Å². The minimum absolute atomic E-state index is 0.140. The first-order valence-corrected chi connectivity index (χ1v) is 3.40. The summed E-state index contributed by atoms with van der Waals surface area (Å²) in [5.41, 5.74) is 0.915. The number of allylic oxidation sites excluding steroid dienone is 2. The quantitative estimate of drug-likeness (QED) is 0.334. The summed E-state index contributed by atoms with van der Waals surface area (Å²) in [5, 5.41) is 0. The monoisotopic (exact) mass is 151 g/mol. The molecule has 2 heteroatoms. The van der Waals surface area contributed by atoms with E-state index in [0.717, 1.165) is 5.70 Å². The van der Waals surface area contributed by atoms with E-state index in [1.165, 1.54) is 6.08 Å². The van der Waals surface area contributed by atoms with Gasteiger partial charge in [0, 0.05) is 25.9 Å². The van der Waals surface area contributed by atoms with Crippen molar-refractivity contribution in [2.24, 2.45) is 0 Å². The molecule has 0 aliphatic rings. The van der Waals surface area contributed by atoms with E-state index in [-0.39, 0.29) is 5.78 Å². The van der Waals surface area contributed by atoms with Crippen LogP contribution in [0.5, 0.6) is 0 Å². The lowest BCUT2D eigenvalue weighted by Crippen LogP contribution is -2.09. The molecule has 0 saturated carbocycles. The highest BCUT2D eigenvalue weighted by Crippen LogP contribution is 1.94. The second kappa shape index (κ2) is 4.56. The highest BCUT2D eigenvalue weighted by molar-refractivity contribution is 6.04. The van der Waals surface area contributed by atoms with Gasteiger partial charge in [0.1, 0.15) is 0 Å². The molecule has 0 bridgehead atoms. The van der Waals surface area contributed by atoms with Gasteiger partial charge in [-0.3, -0.25) is 4.79 Å². The van der Waals surface area contributed by atoms with Crippen molar-refractivity contribution in [2.45, 2.75) is 13.8 Å². The van der Waals surface area contributed by atoms with Gasteiger partial charge in [0.05, 0.1) is 0 Å². The molecule has 0 aromatic heterocycles. The SMILES string of the molecule is CC#CC(=O)/C=C(/C)N(C)C. The van der Waals surface area contributed by atoms with Crippen molar-refractivity contribution in [3.05, 3.63) is 11.8 Å². The zero-order valence-electron chi connectivity index (χ0n) is 7.43. The van der Waals surface area contributed by atoms with Crippen LogP contribution in [-0.4, -0.2) is 24.8 Å². The van der Waals surface area contributed by atoms with Crippen molar-refractivity contribution in [1.29, 1.82) is 0 Å². The fraction of sp³-hybridized carbons (Fsp3) is 0.444. The Morgan fingerprint density at radius 2 is 2.00 bits per heavy atom. The zero-order chi connectivity index (χ0) is 8.85. The molecule has 0 fully saturated rings. The van der Waals surface area contributed by atoms with E-state index in [0.29, 0.717) is 0 Å². The first kappa shape index (κ1) is 9.77. The molecule has 0 N–H and O–H groups in total. The summed E-state index contributed by atoms with van der Waals surface area (Å²) in [6.07, 6.45) is 1.52. The van der Waals surface area contributed by atoms with Crippen LogP contribution in [0.2, 0.25) is 0 Å². The smallest absolute Gasteiger partial charge is 0.230 e. The van der Waals surface area contributed by atoms with E-state index in [1.54, 1.807) is 6.92 Å². The van der Waals surface area contributed by atoms with E-state index in [1.807, 2.05) is 25.9 Å². The van der Waals surface area contributed by atoms with Gasteiger partial charge in [-0.2, -0.15) is 0 Å². The van der Waals surface area contributed by atoms with E-state index >= 15 is 0 Å². The molecule has 11 heavy (non-hydrogen) atoms. The van der Waals surface area contributed by atoms with Crippen molar-refractivity contribution >= 4 is 5.78 Å². The third kappa shape index (κ3) is 4.21. The van der Waals surface area contributed by atoms with Crippen molar-refractivity contribution < 1.29 is 4.79 Å². The molecule has 0 aromatic rings. The van der Waals surface area contributed by atoms with Crippen LogP contribution in [0.4, 0.5) is 0 Å². The van der Waals surface area contributed by atoms with Crippen LogP contribution in [0.25, 0.3) is 0 Å². The minimum Gasteiger partial charge on any atom is -0.381 e. The lowest BCUT2D eigenvalue weighted by Gasteiger charge is -2.10. The van der Waals surface area contributed by atoms with Crippen LogP contribution in [-0.2, 0) is 4.79 Å². The second-order valence-electron chi connectivity index (χ2n) is 2.42. The maximum atomic E-state index is 10.9. The van der Waals surface area contributed by atoms with Crippen molar-refractivity contribution in [3.63, 3.8) is 0 Å².